The average molecular weight is 236 g/mol. The fourth-order valence-electron chi connectivity index (χ4n) is 1.22. The fourth-order valence-corrected chi connectivity index (χ4v) is 1.22. The minimum atomic E-state index is 0. The van der Waals surface area contributed by atoms with E-state index in [1.165, 1.54) is 10.8 Å². The quantitative estimate of drug-likeness (QED) is 0.860. The molecule has 0 saturated heterocycles. The first-order valence-corrected chi connectivity index (χ1v) is 4.92. The molecule has 2 aromatic carbocycles. The van der Waals surface area contributed by atoms with E-state index in [2.05, 4.69) is 53.3 Å². The minimum absolute atomic E-state index is 0. The molecule has 0 aliphatic heterocycles. The molecule has 0 aliphatic rings. The van der Waals surface area contributed by atoms with Gasteiger partial charge in [0, 0.05) is 7.11 Å². The van der Waals surface area contributed by atoms with Crippen LogP contribution in [-0.2, 0) is 4.74 Å². The third-order valence-electron chi connectivity index (χ3n) is 1.95. The molecule has 0 bridgehead atoms. The number of hydrogen-bond acceptors (Lipinski definition) is 2. The van der Waals surface area contributed by atoms with Crippen LogP contribution in [0.25, 0.3) is 10.8 Å². The van der Waals surface area contributed by atoms with Gasteiger partial charge in [0.25, 0.3) is 0 Å². The van der Waals surface area contributed by atoms with Gasteiger partial charge >= 0.3 is 0 Å². The van der Waals surface area contributed by atoms with Crippen molar-refractivity contribution < 1.29 is 9.84 Å². The van der Waals surface area contributed by atoms with E-state index in [4.69, 9.17) is 5.11 Å². The van der Waals surface area contributed by atoms with Crippen LogP contribution >= 0.6 is 0 Å². The molecular formula is C15H24O2. The van der Waals surface area contributed by atoms with Gasteiger partial charge in [0.1, 0.15) is 0 Å². The molecule has 0 saturated carbocycles. The van der Waals surface area contributed by atoms with Crippen LogP contribution in [0.5, 0.6) is 0 Å². The van der Waals surface area contributed by atoms with Crippen molar-refractivity contribution in [2.24, 2.45) is 0 Å². The summed E-state index contributed by atoms with van der Waals surface area (Å²) in [7, 11) is 1.55. The lowest BCUT2D eigenvalue weighted by Crippen LogP contribution is -1.91. The highest BCUT2D eigenvalue weighted by atomic mass is 16.5. The monoisotopic (exact) mass is 236 g/mol. The van der Waals surface area contributed by atoms with E-state index < -0.39 is 0 Å². The molecule has 2 heteroatoms. The van der Waals surface area contributed by atoms with Crippen molar-refractivity contribution >= 4 is 10.8 Å². The molecular weight excluding hydrogens is 212 g/mol. The zero-order valence-electron chi connectivity index (χ0n) is 8.89. The molecule has 2 nitrogen and oxygen atoms in total. The summed E-state index contributed by atoms with van der Waals surface area (Å²) in [6.07, 6.45) is 0. The molecule has 0 atom stereocenters. The van der Waals surface area contributed by atoms with Gasteiger partial charge in [-0.25, -0.2) is 0 Å². The van der Waals surface area contributed by atoms with Gasteiger partial charge in [-0.15, -0.1) is 0 Å². The number of rotatable bonds is 2. The Balaban J connectivity index is 0. The van der Waals surface area contributed by atoms with E-state index >= 15 is 0 Å². The summed E-state index contributed by atoms with van der Waals surface area (Å²) in [5, 5.41) is 10.6. The smallest absolute Gasteiger partial charge is 0.0693 e. The highest BCUT2D eigenvalue weighted by molar-refractivity contribution is 5.81. The molecule has 0 heterocycles. The van der Waals surface area contributed by atoms with Gasteiger partial charge in [0.15, 0.2) is 0 Å². The third kappa shape index (κ3) is 6.72. The van der Waals surface area contributed by atoms with Gasteiger partial charge in [0.2, 0.25) is 0 Å². The highest BCUT2D eigenvalue weighted by Gasteiger charge is 1.85. The standard InChI is InChI=1S/C10H8.C3H8O2.2CH4/c1-2-6-10-8-4-3-7-9(10)5-1;1-5-3-2-4;;/h1-8H;4H,2-3H2,1H3;2*1H4. The van der Waals surface area contributed by atoms with E-state index in [1.807, 2.05) is 0 Å². The van der Waals surface area contributed by atoms with Crippen LogP contribution < -0.4 is 0 Å². The molecule has 1 N–H and O–H groups in total. The molecule has 0 unspecified atom stereocenters. The highest BCUT2D eigenvalue weighted by Crippen LogP contribution is 2.11. The van der Waals surface area contributed by atoms with Crippen LogP contribution in [-0.4, -0.2) is 25.4 Å². The van der Waals surface area contributed by atoms with Crippen molar-refractivity contribution in [3.8, 4) is 0 Å². The molecule has 96 valence electrons. The summed E-state index contributed by atoms with van der Waals surface area (Å²) >= 11 is 0. The summed E-state index contributed by atoms with van der Waals surface area (Å²) in [6.45, 7) is 0.566. The Morgan fingerprint density at radius 3 is 1.41 bits per heavy atom. The summed E-state index contributed by atoms with van der Waals surface area (Å²) in [6, 6.07) is 16.7. The second kappa shape index (κ2) is 11.1. The second-order valence-electron chi connectivity index (χ2n) is 3.06. The molecule has 2 rings (SSSR count). The zero-order chi connectivity index (χ0) is 10.9. The van der Waals surface area contributed by atoms with Crippen molar-refractivity contribution in [1.82, 2.24) is 0 Å². The largest absolute Gasteiger partial charge is 0.394 e. The van der Waals surface area contributed by atoms with Gasteiger partial charge in [-0.1, -0.05) is 63.4 Å². The van der Waals surface area contributed by atoms with Crippen molar-refractivity contribution in [2.75, 3.05) is 20.3 Å². The average Bonchev–Trinajstić information content (AvgIpc) is 2.31. The molecule has 0 radical (unpaired) electrons. The van der Waals surface area contributed by atoms with E-state index in [0.717, 1.165) is 0 Å². The first-order chi connectivity index (χ1) is 7.38. The fraction of sp³-hybridized carbons (Fsp3) is 0.333. The number of fused-ring (bicyclic) bond motifs is 1. The third-order valence-corrected chi connectivity index (χ3v) is 1.95. The van der Waals surface area contributed by atoms with E-state index in [-0.39, 0.29) is 21.5 Å². The molecule has 0 aromatic heterocycles. The van der Waals surface area contributed by atoms with Crippen molar-refractivity contribution in [3.63, 3.8) is 0 Å². The summed E-state index contributed by atoms with van der Waals surface area (Å²) in [4.78, 5) is 0. The van der Waals surface area contributed by atoms with Crippen LogP contribution in [0.15, 0.2) is 48.5 Å². The molecule has 0 fully saturated rings. The Kier molecular flexibility index (Phi) is 11.8. The minimum Gasteiger partial charge on any atom is -0.394 e. The maximum Gasteiger partial charge on any atom is 0.0693 e. The first-order valence-electron chi connectivity index (χ1n) is 4.92. The normalized spacial score (nSPS) is 8.35. The van der Waals surface area contributed by atoms with E-state index in [9.17, 15) is 0 Å². The van der Waals surface area contributed by atoms with Gasteiger partial charge in [0.05, 0.1) is 13.2 Å². The van der Waals surface area contributed by atoms with Crippen LogP contribution in [0.4, 0.5) is 0 Å². The first kappa shape index (κ1) is 18.0. The number of aliphatic hydroxyl groups excluding tert-OH is 1. The van der Waals surface area contributed by atoms with Crippen LogP contribution in [0.1, 0.15) is 14.9 Å². The molecule has 0 amide bonds. The Bertz CT molecular complexity index is 318. The number of hydrogen-bond donors (Lipinski definition) is 1. The Labute approximate surface area is 105 Å². The lowest BCUT2D eigenvalue weighted by atomic mass is 10.1. The molecule has 0 spiro atoms. The lowest BCUT2D eigenvalue weighted by molar-refractivity contribution is 0.135. The Morgan fingerprint density at radius 2 is 1.24 bits per heavy atom. The van der Waals surface area contributed by atoms with Crippen molar-refractivity contribution in [3.05, 3.63) is 48.5 Å². The number of benzene rings is 2. The van der Waals surface area contributed by atoms with Crippen LogP contribution in [0.3, 0.4) is 0 Å². The Morgan fingerprint density at radius 1 is 0.882 bits per heavy atom. The predicted molar refractivity (Wildman–Crippen MR) is 76.4 cm³/mol. The molecule has 2 aromatic rings. The summed E-state index contributed by atoms with van der Waals surface area (Å²) < 4.78 is 4.44. The van der Waals surface area contributed by atoms with E-state index in [1.54, 1.807) is 7.11 Å². The second-order valence-corrected chi connectivity index (χ2v) is 3.06. The van der Waals surface area contributed by atoms with E-state index in [0.29, 0.717) is 6.61 Å². The summed E-state index contributed by atoms with van der Waals surface area (Å²) in [5.41, 5.74) is 0. The molecule has 0 aliphatic carbocycles. The van der Waals surface area contributed by atoms with Crippen molar-refractivity contribution in [2.45, 2.75) is 14.9 Å². The maximum absolute atomic E-state index is 7.94. The number of aliphatic hydroxyl groups is 1. The van der Waals surface area contributed by atoms with Crippen LogP contribution in [0, 0.1) is 0 Å². The van der Waals surface area contributed by atoms with Crippen molar-refractivity contribution in [1.29, 1.82) is 0 Å². The predicted octanol–water partition coefficient (Wildman–Crippen LogP) is 3.74. The number of ether oxygens (including phenoxy) is 1. The Hall–Kier alpha value is -1.38. The van der Waals surface area contributed by atoms with Gasteiger partial charge < -0.3 is 9.84 Å². The summed E-state index contributed by atoms with van der Waals surface area (Å²) in [5.74, 6) is 0. The zero-order valence-corrected chi connectivity index (χ0v) is 8.89. The van der Waals surface area contributed by atoms with Crippen LogP contribution in [0.2, 0.25) is 0 Å². The topological polar surface area (TPSA) is 29.5 Å². The van der Waals surface area contributed by atoms with Gasteiger partial charge in [-0.3, -0.25) is 0 Å². The van der Waals surface area contributed by atoms with Gasteiger partial charge in [-0.2, -0.15) is 0 Å². The molecule has 17 heavy (non-hydrogen) atoms. The number of methoxy groups -OCH3 is 1. The maximum atomic E-state index is 7.94. The van der Waals surface area contributed by atoms with Gasteiger partial charge in [-0.05, 0) is 10.8 Å². The SMILES string of the molecule is C.C.COCCO.c1ccc2ccccc2c1. The lowest BCUT2D eigenvalue weighted by Gasteiger charge is -1.92.